The highest BCUT2D eigenvalue weighted by molar-refractivity contribution is 5.82. The van der Waals surface area contributed by atoms with Gasteiger partial charge >= 0.3 is 0 Å². The Bertz CT molecular complexity index is 530. The van der Waals surface area contributed by atoms with Crippen LogP contribution >= 0.6 is 0 Å². The summed E-state index contributed by atoms with van der Waals surface area (Å²) in [7, 11) is 0. The zero-order valence-corrected chi connectivity index (χ0v) is 13.8. The van der Waals surface area contributed by atoms with Gasteiger partial charge in [0.2, 0.25) is 0 Å². The molecule has 8 atom stereocenters. The number of hydrogen-bond acceptors (Lipinski definition) is 3. The van der Waals surface area contributed by atoms with Gasteiger partial charge in [-0.2, -0.15) is 0 Å². The largest absolute Gasteiger partial charge is 0.393 e. The van der Waals surface area contributed by atoms with Crippen molar-refractivity contribution in [3.05, 3.63) is 12.2 Å². The summed E-state index contributed by atoms with van der Waals surface area (Å²) in [5.41, 5.74) is 1.08. The van der Waals surface area contributed by atoms with Crippen molar-refractivity contribution >= 4 is 5.71 Å². The Labute approximate surface area is 133 Å². The molecule has 0 bridgehead atoms. The predicted octanol–water partition coefficient (Wildman–Crippen LogP) is 3.16. The molecule has 4 aliphatic carbocycles. The van der Waals surface area contributed by atoms with E-state index in [1.807, 2.05) is 6.08 Å². The third-order valence-corrected chi connectivity index (χ3v) is 8.02. The van der Waals surface area contributed by atoms with E-state index in [2.05, 4.69) is 19.9 Å². The molecule has 0 amide bonds. The number of fused-ring (bicyclic) bond motifs is 5. The van der Waals surface area contributed by atoms with Crippen LogP contribution in [0.15, 0.2) is 12.2 Å². The van der Waals surface area contributed by atoms with Gasteiger partial charge in [0.1, 0.15) is 0 Å². The number of aliphatic hydroxyl groups is 2. The van der Waals surface area contributed by atoms with Crippen LogP contribution in [0.2, 0.25) is 0 Å². The highest BCUT2D eigenvalue weighted by Gasteiger charge is 2.61. The molecule has 3 fully saturated rings. The van der Waals surface area contributed by atoms with Crippen LogP contribution in [0.25, 0.3) is 0 Å². The molecular formula is C19H29NO2. The van der Waals surface area contributed by atoms with E-state index in [1.165, 1.54) is 0 Å². The van der Waals surface area contributed by atoms with Crippen LogP contribution in [0.3, 0.4) is 0 Å². The number of rotatable bonds is 0. The fourth-order valence-electron chi connectivity index (χ4n) is 6.48. The molecule has 3 heteroatoms. The minimum Gasteiger partial charge on any atom is -0.393 e. The first-order valence-electron chi connectivity index (χ1n) is 8.97. The second-order valence-corrected chi connectivity index (χ2v) is 8.90. The molecule has 3 nitrogen and oxygen atoms in total. The maximum atomic E-state index is 10.9. The second-order valence-electron chi connectivity index (χ2n) is 8.90. The molecule has 0 radical (unpaired) electrons. The van der Waals surface area contributed by atoms with Crippen molar-refractivity contribution in [2.24, 2.45) is 34.5 Å². The summed E-state index contributed by atoms with van der Waals surface area (Å²) in [6, 6.07) is 0. The zero-order chi connectivity index (χ0) is 15.7. The van der Waals surface area contributed by atoms with E-state index in [0.717, 1.165) is 44.2 Å². The average molecular weight is 303 g/mol. The van der Waals surface area contributed by atoms with Gasteiger partial charge < -0.3 is 15.6 Å². The van der Waals surface area contributed by atoms with E-state index in [0.29, 0.717) is 23.7 Å². The van der Waals surface area contributed by atoms with Crippen molar-refractivity contribution in [3.8, 4) is 0 Å². The van der Waals surface area contributed by atoms with E-state index in [4.69, 9.17) is 5.41 Å². The molecule has 0 spiro atoms. The molecule has 3 saturated carbocycles. The van der Waals surface area contributed by atoms with Gasteiger partial charge in [-0.05, 0) is 67.6 Å². The Morgan fingerprint density at radius 2 is 1.91 bits per heavy atom. The Morgan fingerprint density at radius 3 is 2.68 bits per heavy atom. The van der Waals surface area contributed by atoms with Gasteiger partial charge in [0.25, 0.3) is 0 Å². The lowest BCUT2D eigenvalue weighted by Gasteiger charge is -2.61. The lowest BCUT2D eigenvalue weighted by molar-refractivity contribution is -0.155. The summed E-state index contributed by atoms with van der Waals surface area (Å²) >= 11 is 0. The van der Waals surface area contributed by atoms with Crippen LogP contribution in [0, 0.1) is 39.9 Å². The summed E-state index contributed by atoms with van der Waals surface area (Å²) in [6.45, 7) is 4.63. The fraction of sp³-hybridized carbons (Fsp3) is 0.842. The minimum absolute atomic E-state index is 0.0767. The molecule has 4 aliphatic rings. The van der Waals surface area contributed by atoms with E-state index >= 15 is 0 Å². The number of hydrogen-bond donors (Lipinski definition) is 3. The van der Waals surface area contributed by atoms with E-state index < -0.39 is 0 Å². The van der Waals surface area contributed by atoms with E-state index in [9.17, 15) is 10.2 Å². The molecule has 122 valence electrons. The van der Waals surface area contributed by atoms with Gasteiger partial charge in [-0.1, -0.05) is 26.0 Å². The average Bonchev–Trinajstić information content (AvgIpc) is 2.77. The van der Waals surface area contributed by atoms with Gasteiger partial charge in [0, 0.05) is 11.1 Å². The molecule has 0 aromatic carbocycles. The van der Waals surface area contributed by atoms with Crippen molar-refractivity contribution in [3.63, 3.8) is 0 Å². The molecule has 0 saturated heterocycles. The molecule has 0 aromatic heterocycles. The van der Waals surface area contributed by atoms with Crippen LogP contribution in [-0.2, 0) is 0 Å². The van der Waals surface area contributed by atoms with E-state index in [-0.39, 0.29) is 23.0 Å². The SMILES string of the molecule is C[C@]12CCC(=N)CC1CC(O)[C@@H]1[C@H]2CC[C@]2(C)C(O)C=C[C@@H]12. The van der Waals surface area contributed by atoms with Gasteiger partial charge in [-0.15, -0.1) is 0 Å². The lowest BCUT2D eigenvalue weighted by atomic mass is 9.44. The molecule has 3 N–H and O–H groups in total. The zero-order valence-electron chi connectivity index (χ0n) is 13.8. The molecule has 4 rings (SSSR count). The van der Waals surface area contributed by atoms with Crippen molar-refractivity contribution < 1.29 is 10.2 Å². The molecular weight excluding hydrogens is 274 g/mol. The smallest absolute Gasteiger partial charge is 0.0780 e. The molecule has 0 aromatic rings. The summed E-state index contributed by atoms with van der Waals surface area (Å²) in [4.78, 5) is 0. The first-order valence-corrected chi connectivity index (χ1v) is 8.97. The van der Waals surface area contributed by atoms with E-state index in [1.54, 1.807) is 0 Å². The quantitative estimate of drug-likeness (QED) is 0.602. The van der Waals surface area contributed by atoms with Gasteiger partial charge in [-0.25, -0.2) is 0 Å². The van der Waals surface area contributed by atoms with Crippen molar-refractivity contribution in [1.29, 1.82) is 5.41 Å². The first kappa shape index (κ1) is 14.9. The first-order chi connectivity index (χ1) is 10.4. The molecule has 0 heterocycles. The molecule has 3 unspecified atom stereocenters. The van der Waals surface area contributed by atoms with Crippen LogP contribution in [0.1, 0.15) is 52.4 Å². The Hall–Kier alpha value is -0.670. The van der Waals surface area contributed by atoms with Crippen LogP contribution in [0.4, 0.5) is 0 Å². The third-order valence-electron chi connectivity index (χ3n) is 8.02. The second kappa shape index (κ2) is 4.67. The predicted molar refractivity (Wildman–Crippen MR) is 86.8 cm³/mol. The Morgan fingerprint density at radius 1 is 1.14 bits per heavy atom. The van der Waals surface area contributed by atoms with Gasteiger partial charge in [-0.3, -0.25) is 0 Å². The summed E-state index contributed by atoms with van der Waals surface area (Å²) in [5, 5.41) is 29.3. The molecule has 22 heavy (non-hydrogen) atoms. The van der Waals surface area contributed by atoms with Crippen LogP contribution < -0.4 is 0 Å². The topological polar surface area (TPSA) is 64.3 Å². The van der Waals surface area contributed by atoms with Crippen LogP contribution in [0.5, 0.6) is 0 Å². The fourth-order valence-corrected chi connectivity index (χ4v) is 6.48. The normalized spacial score (nSPS) is 57.2. The maximum Gasteiger partial charge on any atom is 0.0780 e. The standard InChI is InChI=1S/C19H29NO2/c1-18-7-5-12(20)9-11(18)10-15(21)17-13-3-4-16(22)19(13,2)8-6-14(17)18/h3-4,11,13-17,20-22H,5-10H2,1-2H3/t11?,13-,14+,15?,16?,17-,18-,19-/m0/s1. The van der Waals surface area contributed by atoms with Crippen molar-refractivity contribution in [2.45, 2.75) is 64.6 Å². The molecule has 0 aliphatic heterocycles. The minimum atomic E-state index is -0.351. The summed E-state index contributed by atoms with van der Waals surface area (Å²) in [6.07, 6.45) is 9.49. The summed E-state index contributed by atoms with van der Waals surface area (Å²) < 4.78 is 0. The number of allylic oxidation sites excluding steroid dienone is 1. The Kier molecular flexibility index (Phi) is 3.16. The van der Waals surface area contributed by atoms with Crippen molar-refractivity contribution in [1.82, 2.24) is 0 Å². The highest BCUT2D eigenvalue weighted by atomic mass is 16.3. The monoisotopic (exact) mass is 303 g/mol. The van der Waals surface area contributed by atoms with Crippen LogP contribution in [-0.4, -0.2) is 28.1 Å². The number of nitrogens with one attached hydrogen (secondary N) is 1. The maximum absolute atomic E-state index is 10.9. The Balaban J connectivity index is 1.70. The van der Waals surface area contributed by atoms with Crippen molar-refractivity contribution in [2.75, 3.05) is 0 Å². The van der Waals surface area contributed by atoms with Gasteiger partial charge in [0.15, 0.2) is 0 Å². The number of aliphatic hydroxyl groups excluding tert-OH is 2. The van der Waals surface area contributed by atoms with Gasteiger partial charge in [0.05, 0.1) is 12.2 Å². The summed E-state index contributed by atoms with van der Waals surface area (Å²) in [5.74, 6) is 1.63. The highest BCUT2D eigenvalue weighted by Crippen LogP contribution is 2.64. The third kappa shape index (κ3) is 1.78. The lowest BCUT2D eigenvalue weighted by Crippen LogP contribution is -2.58.